The van der Waals surface area contributed by atoms with Crippen LogP contribution < -0.4 is 0 Å². The number of benzene rings is 1. The summed E-state index contributed by atoms with van der Waals surface area (Å²) in [7, 11) is 0. The van der Waals surface area contributed by atoms with E-state index in [-0.39, 0.29) is 0 Å². The van der Waals surface area contributed by atoms with Crippen LogP contribution in [0.25, 0.3) is 20.8 Å². The third-order valence-corrected chi connectivity index (χ3v) is 3.73. The van der Waals surface area contributed by atoms with Crippen LogP contribution >= 0.6 is 11.3 Å². The lowest BCUT2D eigenvalue weighted by Gasteiger charge is -2.02. The molecule has 0 spiro atoms. The second-order valence-electron chi connectivity index (χ2n) is 3.83. The number of para-hydroxylation sites is 1. The van der Waals surface area contributed by atoms with Crippen LogP contribution in [0.1, 0.15) is 5.56 Å². The van der Waals surface area contributed by atoms with Crippen molar-refractivity contribution in [2.75, 3.05) is 0 Å². The second kappa shape index (κ2) is 3.82. The number of aryl methyl sites for hydroxylation is 1. The van der Waals surface area contributed by atoms with Crippen molar-refractivity contribution in [2.45, 2.75) is 6.92 Å². The quantitative estimate of drug-likeness (QED) is 0.711. The van der Waals surface area contributed by atoms with E-state index in [2.05, 4.69) is 9.97 Å². The van der Waals surface area contributed by atoms with E-state index in [9.17, 15) is 5.11 Å². The molecule has 4 heteroatoms. The van der Waals surface area contributed by atoms with Crippen molar-refractivity contribution in [1.82, 2.24) is 9.97 Å². The molecule has 0 aliphatic heterocycles. The van der Waals surface area contributed by atoms with E-state index in [1.165, 1.54) is 0 Å². The molecule has 17 heavy (non-hydrogen) atoms. The standard InChI is InChI=1S/C13H10N2OS/c1-8-3-2-4-9(12(8)16)13-15-10-7-14-6-5-11(10)17-13/h2-7,16H,1H3. The monoisotopic (exact) mass is 242 g/mol. The first-order valence-corrected chi connectivity index (χ1v) is 6.07. The van der Waals surface area contributed by atoms with Crippen molar-refractivity contribution in [3.63, 3.8) is 0 Å². The van der Waals surface area contributed by atoms with E-state index >= 15 is 0 Å². The smallest absolute Gasteiger partial charge is 0.128 e. The molecule has 0 aliphatic rings. The molecule has 0 aliphatic carbocycles. The lowest BCUT2D eigenvalue weighted by Crippen LogP contribution is -1.80. The van der Waals surface area contributed by atoms with Gasteiger partial charge in [-0.25, -0.2) is 4.98 Å². The van der Waals surface area contributed by atoms with E-state index in [0.29, 0.717) is 5.75 Å². The number of phenols is 1. The van der Waals surface area contributed by atoms with Crippen LogP contribution in [0.5, 0.6) is 5.75 Å². The summed E-state index contributed by atoms with van der Waals surface area (Å²) in [5.41, 5.74) is 2.51. The molecule has 1 N–H and O–H groups in total. The second-order valence-corrected chi connectivity index (χ2v) is 4.86. The number of hydrogen-bond donors (Lipinski definition) is 1. The van der Waals surface area contributed by atoms with Gasteiger partial charge in [0.1, 0.15) is 16.3 Å². The average Bonchev–Trinajstić information content (AvgIpc) is 2.76. The zero-order valence-electron chi connectivity index (χ0n) is 9.21. The predicted molar refractivity (Wildman–Crippen MR) is 69.3 cm³/mol. The normalized spacial score (nSPS) is 10.9. The number of hydrogen-bond acceptors (Lipinski definition) is 4. The minimum Gasteiger partial charge on any atom is -0.507 e. The minimum absolute atomic E-state index is 0.305. The summed E-state index contributed by atoms with van der Waals surface area (Å²) in [6.45, 7) is 1.88. The highest BCUT2D eigenvalue weighted by molar-refractivity contribution is 7.21. The van der Waals surface area contributed by atoms with E-state index in [4.69, 9.17) is 0 Å². The first-order valence-electron chi connectivity index (χ1n) is 5.25. The summed E-state index contributed by atoms with van der Waals surface area (Å²) < 4.78 is 1.08. The van der Waals surface area contributed by atoms with Gasteiger partial charge < -0.3 is 5.11 Å². The van der Waals surface area contributed by atoms with Crippen molar-refractivity contribution < 1.29 is 5.11 Å². The van der Waals surface area contributed by atoms with Gasteiger partial charge in [0.15, 0.2) is 0 Å². The van der Waals surface area contributed by atoms with Crippen LogP contribution in [0.15, 0.2) is 36.7 Å². The van der Waals surface area contributed by atoms with Gasteiger partial charge in [-0.2, -0.15) is 0 Å². The molecule has 3 nitrogen and oxygen atoms in total. The Balaban J connectivity index is 2.24. The molecule has 0 atom stereocenters. The molecule has 0 fully saturated rings. The largest absolute Gasteiger partial charge is 0.507 e. The summed E-state index contributed by atoms with van der Waals surface area (Å²) in [5, 5.41) is 10.9. The molecule has 84 valence electrons. The highest BCUT2D eigenvalue weighted by Crippen LogP contribution is 2.36. The van der Waals surface area contributed by atoms with Crippen molar-refractivity contribution >= 4 is 21.6 Å². The number of pyridine rings is 1. The number of fused-ring (bicyclic) bond motifs is 1. The van der Waals surface area contributed by atoms with Crippen LogP contribution in [0, 0.1) is 6.92 Å². The Kier molecular flexibility index (Phi) is 2.30. The number of thiazole rings is 1. The molecule has 2 aromatic heterocycles. The fourth-order valence-electron chi connectivity index (χ4n) is 1.73. The molecule has 1 aromatic carbocycles. The van der Waals surface area contributed by atoms with E-state index < -0.39 is 0 Å². The Morgan fingerprint density at radius 3 is 2.94 bits per heavy atom. The zero-order valence-corrected chi connectivity index (χ0v) is 10.0. The van der Waals surface area contributed by atoms with E-state index in [0.717, 1.165) is 26.4 Å². The average molecular weight is 242 g/mol. The fraction of sp³-hybridized carbons (Fsp3) is 0.0769. The Morgan fingerprint density at radius 2 is 2.12 bits per heavy atom. The van der Waals surface area contributed by atoms with Gasteiger partial charge in [-0.05, 0) is 24.6 Å². The summed E-state index contributed by atoms with van der Waals surface area (Å²) in [6, 6.07) is 7.62. The summed E-state index contributed by atoms with van der Waals surface area (Å²) >= 11 is 1.56. The maximum absolute atomic E-state index is 10.0. The predicted octanol–water partition coefficient (Wildman–Crippen LogP) is 3.37. The number of phenolic OH excluding ortho intramolecular Hbond substituents is 1. The Hall–Kier alpha value is -1.94. The number of nitrogens with zero attached hydrogens (tertiary/aromatic N) is 2. The van der Waals surface area contributed by atoms with Gasteiger partial charge in [-0.15, -0.1) is 11.3 Å². The van der Waals surface area contributed by atoms with Crippen LogP contribution in [0.3, 0.4) is 0 Å². The SMILES string of the molecule is Cc1cccc(-c2nc3cnccc3s2)c1O. The maximum atomic E-state index is 10.0. The minimum atomic E-state index is 0.305. The molecule has 2 heterocycles. The van der Waals surface area contributed by atoms with Gasteiger partial charge in [0.05, 0.1) is 16.5 Å². The Morgan fingerprint density at radius 1 is 1.24 bits per heavy atom. The third-order valence-electron chi connectivity index (χ3n) is 2.66. The molecule has 0 saturated carbocycles. The molecule has 0 radical (unpaired) electrons. The van der Waals surface area contributed by atoms with Gasteiger partial charge in [0, 0.05) is 6.20 Å². The van der Waals surface area contributed by atoms with Gasteiger partial charge in [-0.3, -0.25) is 4.98 Å². The van der Waals surface area contributed by atoms with Gasteiger partial charge >= 0.3 is 0 Å². The van der Waals surface area contributed by atoms with Crippen molar-refractivity contribution in [3.05, 3.63) is 42.2 Å². The lowest BCUT2D eigenvalue weighted by molar-refractivity contribution is 0.473. The number of aromatic hydroxyl groups is 1. The van der Waals surface area contributed by atoms with Crippen LogP contribution in [0.4, 0.5) is 0 Å². The zero-order chi connectivity index (χ0) is 11.8. The molecule has 0 bridgehead atoms. The third kappa shape index (κ3) is 1.66. The van der Waals surface area contributed by atoms with Crippen molar-refractivity contribution in [2.24, 2.45) is 0 Å². The number of rotatable bonds is 1. The molecule has 3 aromatic rings. The fourth-order valence-corrected chi connectivity index (χ4v) is 2.69. The molecule has 0 unspecified atom stereocenters. The van der Waals surface area contributed by atoms with Crippen LogP contribution in [0.2, 0.25) is 0 Å². The number of aromatic nitrogens is 2. The molecular formula is C13H10N2OS. The summed E-state index contributed by atoms with van der Waals surface area (Å²) in [5.74, 6) is 0.305. The highest BCUT2D eigenvalue weighted by atomic mass is 32.1. The van der Waals surface area contributed by atoms with Crippen LogP contribution in [-0.4, -0.2) is 15.1 Å². The topological polar surface area (TPSA) is 46.0 Å². The molecule has 0 saturated heterocycles. The lowest BCUT2D eigenvalue weighted by atomic mass is 10.1. The Bertz CT molecular complexity index is 658. The van der Waals surface area contributed by atoms with E-state index in [1.807, 2.05) is 31.2 Å². The molecule has 3 rings (SSSR count). The van der Waals surface area contributed by atoms with Gasteiger partial charge in [0.25, 0.3) is 0 Å². The maximum Gasteiger partial charge on any atom is 0.128 e. The van der Waals surface area contributed by atoms with Gasteiger partial charge in [-0.1, -0.05) is 12.1 Å². The Labute approximate surface area is 102 Å². The highest BCUT2D eigenvalue weighted by Gasteiger charge is 2.11. The first kappa shape index (κ1) is 10.2. The first-order chi connectivity index (χ1) is 8.25. The van der Waals surface area contributed by atoms with Gasteiger partial charge in [0.2, 0.25) is 0 Å². The van der Waals surface area contributed by atoms with Crippen molar-refractivity contribution in [1.29, 1.82) is 0 Å². The summed E-state index contributed by atoms with van der Waals surface area (Å²) in [4.78, 5) is 8.52. The van der Waals surface area contributed by atoms with Crippen molar-refractivity contribution in [3.8, 4) is 16.3 Å². The molecule has 0 amide bonds. The van der Waals surface area contributed by atoms with Crippen LogP contribution in [-0.2, 0) is 0 Å². The van der Waals surface area contributed by atoms with E-state index in [1.54, 1.807) is 23.7 Å². The molecular weight excluding hydrogens is 232 g/mol. The summed E-state index contributed by atoms with van der Waals surface area (Å²) in [6.07, 6.45) is 3.49.